The first kappa shape index (κ1) is 20.6. The van der Waals surface area contributed by atoms with Gasteiger partial charge in [-0.2, -0.15) is 4.72 Å². The summed E-state index contributed by atoms with van der Waals surface area (Å²) in [5, 5.41) is 0. The molecule has 0 aliphatic heterocycles. The van der Waals surface area contributed by atoms with Gasteiger partial charge in [-0.15, -0.1) is 0 Å². The van der Waals surface area contributed by atoms with E-state index in [0.717, 1.165) is 11.1 Å². The average Bonchev–Trinajstić information content (AvgIpc) is 2.66. The van der Waals surface area contributed by atoms with Gasteiger partial charge in [-0.3, -0.25) is 4.79 Å². The molecule has 0 bridgehead atoms. The SMILES string of the molecule is COC(=O)c1ccc(COC(=O)CNS(=O)(=O)c2ccc(C)c(C)c2)cc1. The Labute approximate surface area is 158 Å². The lowest BCUT2D eigenvalue weighted by molar-refractivity contribution is -0.143. The molecule has 0 heterocycles. The van der Waals surface area contributed by atoms with E-state index in [1.54, 1.807) is 36.4 Å². The summed E-state index contributed by atoms with van der Waals surface area (Å²) in [5.74, 6) is -1.17. The van der Waals surface area contributed by atoms with E-state index < -0.39 is 28.5 Å². The molecule has 0 atom stereocenters. The van der Waals surface area contributed by atoms with Gasteiger partial charge in [0.15, 0.2) is 0 Å². The normalized spacial score (nSPS) is 11.1. The molecule has 7 nitrogen and oxygen atoms in total. The predicted octanol–water partition coefficient (Wildman–Crippen LogP) is 2.11. The number of benzene rings is 2. The van der Waals surface area contributed by atoms with Gasteiger partial charge < -0.3 is 9.47 Å². The van der Waals surface area contributed by atoms with E-state index >= 15 is 0 Å². The fourth-order valence-corrected chi connectivity index (χ4v) is 3.24. The van der Waals surface area contributed by atoms with Crippen molar-refractivity contribution >= 4 is 22.0 Å². The van der Waals surface area contributed by atoms with Crippen LogP contribution in [0, 0.1) is 13.8 Å². The van der Waals surface area contributed by atoms with Crippen LogP contribution in [-0.2, 0) is 30.9 Å². The number of rotatable bonds is 7. The van der Waals surface area contributed by atoms with E-state index in [2.05, 4.69) is 9.46 Å². The molecule has 0 saturated heterocycles. The second-order valence-electron chi connectivity index (χ2n) is 5.92. The van der Waals surface area contributed by atoms with Gasteiger partial charge in [0.25, 0.3) is 0 Å². The average molecular weight is 391 g/mol. The van der Waals surface area contributed by atoms with E-state index in [4.69, 9.17) is 4.74 Å². The summed E-state index contributed by atoms with van der Waals surface area (Å²) in [6, 6.07) is 11.1. The Bertz CT molecular complexity index is 935. The molecule has 0 aliphatic carbocycles. The van der Waals surface area contributed by atoms with Crippen LogP contribution in [0.2, 0.25) is 0 Å². The smallest absolute Gasteiger partial charge is 0.337 e. The lowest BCUT2D eigenvalue weighted by Gasteiger charge is -2.09. The van der Waals surface area contributed by atoms with Crippen molar-refractivity contribution in [2.75, 3.05) is 13.7 Å². The fraction of sp³-hybridized carbons (Fsp3) is 0.263. The van der Waals surface area contributed by atoms with E-state index in [9.17, 15) is 18.0 Å². The number of esters is 2. The van der Waals surface area contributed by atoms with Crippen molar-refractivity contribution in [3.63, 3.8) is 0 Å². The zero-order chi connectivity index (χ0) is 20.0. The Hall–Kier alpha value is -2.71. The fourth-order valence-electron chi connectivity index (χ4n) is 2.19. The van der Waals surface area contributed by atoms with Gasteiger partial charge in [0, 0.05) is 0 Å². The van der Waals surface area contributed by atoms with Crippen molar-refractivity contribution in [2.45, 2.75) is 25.3 Å². The van der Waals surface area contributed by atoms with E-state index in [-0.39, 0.29) is 11.5 Å². The van der Waals surface area contributed by atoms with Crippen molar-refractivity contribution in [1.82, 2.24) is 4.72 Å². The predicted molar refractivity (Wildman–Crippen MR) is 98.7 cm³/mol. The van der Waals surface area contributed by atoms with Crippen molar-refractivity contribution in [3.8, 4) is 0 Å². The number of carbonyl (C=O) groups is 2. The van der Waals surface area contributed by atoms with E-state index in [1.165, 1.54) is 13.2 Å². The lowest BCUT2D eigenvalue weighted by atomic mass is 10.1. The van der Waals surface area contributed by atoms with Crippen LogP contribution in [0.5, 0.6) is 0 Å². The van der Waals surface area contributed by atoms with Gasteiger partial charge in [0.2, 0.25) is 10.0 Å². The van der Waals surface area contributed by atoms with Crippen LogP contribution in [-0.4, -0.2) is 34.0 Å². The van der Waals surface area contributed by atoms with Gasteiger partial charge in [0.05, 0.1) is 17.6 Å². The molecule has 0 spiro atoms. The number of ether oxygens (including phenoxy) is 2. The molecule has 0 aliphatic rings. The number of methoxy groups -OCH3 is 1. The lowest BCUT2D eigenvalue weighted by Crippen LogP contribution is -2.30. The number of nitrogens with one attached hydrogen (secondary N) is 1. The molecular weight excluding hydrogens is 370 g/mol. The molecule has 2 aromatic rings. The Morgan fingerprint density at radius 1 is 1.00 bits per heavy atom. The van der Waals surface area contributed by atoms with Gasteiger partial charge in [-0.1, -0.05) is 18.2 Å². The van der Waals surface area contributed by atoms with Crippen LogP contribution in [0.1, 0.15) is 27.0 Å². The molecular formula is C19H21NO6S. The summed E-state index contributed by atoms with van der Waals surface area (Å²) in [6.45, 7) is 3.18. The van der Waals surface area contributed by atoms with Crippen molar-refractivity contribution in [3.05, 3.63) is 64.7 Å². The van der Waals surface area contributed by atoms with Crippen LogP contribution in [0.3, 0.4) is 0 Å². The number of hydrogen-bond donors (Lipinski definition) is 1. The summed E-state index contributed by atoms with van der Waals surface area (Å²) in [7, 11) is -2.51. The van der Waals surface area contributed by atoms with Crippen LogP contribution in [0.15, 0.2) is 47.4 Å². The third kappa shape index (κ3) is 5.63. The summed E-state index contributed by atoms with van der Waals surface area (Å²) in [4.78, 5) is 23.3. The molecule has 2 rings (SSSR count). The molecule has 0 fully saturated rings. The number of sulfonamides is 1. The Balaban J connectivity index is 1.88. The molecule has 0 aromatic heterocycles. The minimum absolute atomic E-state index is 0.0361. The highest BCUT2D eigenvalue weighted by molar-refractivity contribution is 7.89. The first-order chi connectivity index (χ1) is 12.7. The monoisotopic (exact) mass is 391 g/mol. The maximum atomic E-state index is 12.2. The molecule has 1 N–H and O–H groups in total. The third-order valence-corrected chi connectivity index (χ3v) is 5.37. The Morgan fingerprint density at radius 3 is 2.26 bits per heavy atom. The van der Waals surface area contributed by atoms with E-state index in [0.29, 0.717) is 11.1 Å². The number of hydrogen-bond acceptors (Lipinski definition) is 6. The first-order valence-electron chi connectivity index (χ1n) is 8.13. The molecule has 0 radical (unpaired) electrons. The minimum Gasteiger partial charge on any atom is -0.465 e. The number of aryl methyl sites for hydroxylation is 2. The molecule has 8 heteroatoms. The summed E-state index contributed by atoms with van der Waals surface area (Å²) in [5.41, 5.74) is 2.86. The molecule has 27 heavy (non-hydrogen) atoms. The first-order valence-corrected chi connectivity index (χ1v) is 9.61. The van der Waals surface area contributed by atoms with Gasteiger partial charge in [-0.25, -0.2) is 13.2 Å². The zero-order valence-corrected chi connectivity index (χ0v) is 16.1. The maximum Gasteiger partial charge on any atom is 0.337 e. The standard InChI is InChI=1S/C19H21NO6S/c1-13-4-9-17(10-14(13)2)27(23,24)20-11-18(21)26-12-15-5-7-16(8-6-15)19(22)25-3/h4-10,20H,11-12H2,1-3H3. The van der Waals surface area contributed by atoms with Crippen molar-refractivity contribution < 1.29 is 27.5 Å². The van der Waals surface area contributed by atoms with Crippen molar-refractivity contribution in [2.24, 2.45) is 0 Å². The molecule has 0 unspecified atom stereocenters. The topological polar surface area (TPSA) is 98.8 Å². The number of carbonyl (C=O) groups excluding carboxylic acids is 2. The summed E-state index contributed by atoms with van der Waals surface area (Å²) >= 11 is 0. The van der Waals surface area contributed by atoms with Crippen LogP contribution in [0.25, 0.3) is 0 Å². The molecule has 0 amide bonds. The van der Waals surface area contributed by atoms with Gasteiger partial charge in [0.1, 0.15) is 13.2 Å². The molecule has 2 aromatic carbocycles. The maximum absolute atomic E-state index is 12.2. The van der Waals surface area contributed by atoms with Crippen molar-refractivity contribution in [1.29, 1.82) is 0 Å². The highest BCUT2D eigenvalue weighted by Crippen LogP contribution is 2.14. The van der Waals surface area contributed by atoms with Crippen LogP contribution < -0.4 is 4.72 Å². The summed E-state index contributed by atoms with van der Waals surface area (Å²) in [6.07, 6.45) is 0. The van der Waals surface area contributed by atoms with Gasteiger partial charge in [-0.05, 0) is 54.8 Å². The van der Waals surface area contributed by atoms with E-state index in [1.807, 2.05) is 13.8 Å². The second-order valence-corrected chi connectivity index (χ2v) is 7.69. The van der Waals surface area contributed by atoms with Crippen LogP contribution in [0.4, 0.5) is 0 Å². The summed E-state index contributed by atoms with van der Waals surface area (Å²) < 4.78 is 36.4. The molecule has 144 valence electrons. The molecule has 0 saturated carbocycles. The second kappa shape index (κ2) is 8.79. The third-order valence-electron chi connectivity index (χ3n) is 3.97. The highest BCUT2D eigenvalue weighted by atomic mass is 32.2. The largest absolute Gasteiger partial charge is 0.465 e. The quantitative estimate of drug-likeness (QED) is 0.726. The Morgan fingerprint density at radius 2 is 1.67 bits per heavy atom. The zero-order valence-electron chi connectivity index (χ0n) is 15.3. The van der Waals surface area contributed by atoms with Crippen LogP contribution >= 0.6 is 0 Å². The minimum atomic E-state index is -3.80. The van der Waals surface area contributed by atoms with Gasteiger partial charge >= 0.3 is 11.9 Å². The Kier molecular flexibility index (Phi) is 6.70. The highest BCUT2D eigenvalue weighted by Gasteiger charge is 2.16.